The van der Waals surface area contributed by atoms with Crippen LogP contribution in [-0.4, -0.2) is 87.0 Å². The molecule has 0 fully saturated rings. The Morgan fingerprint density at radius 2 is 1.50 bits per heavy atom. The summed E-state index contributed by atoms with van der Waals surface area (Å²) >= 11 is 0. The van der Waals surface area contributed by atoms with Gasteiger partial charge >= 0.3 is 11.9 Å². The van der Waals surface area contributed by atoms with Gasteiger partial charge in [-0.15, -0.1) is 0 Å². The molecule has 34 heavy (non-hydrogen) atoms. The van der Waals surface area contributed by atoms with Gasteiger partial charge in [-0.25, -0.2) is 4.79 Å². The fourth-order valence-corrected chi connectivity index (χ4v) is 2.87. The Morgan fingerprint density at radius 3 is 2.00 bits per heavy atom. The average molecular weight is 482 g/mol. The molecule has 1 aromatic rings. The maximum absolute atomic E-state index is 12.8. The molecule has 5 unspecified atom stereocenters. The first kappa shape index (κ1) is 28.5. The molecule has 1 aromatic carbocycles. The van der Waals surface area contributed by atoms with E-state index in [0.717, 1.165) is 0 Å². The lowest BCUT2D eigenvalue weighted by molar-refractivity contribution is -0.143. The van der Waals surface area contributed by atoms with E-state index in [1.165, 1.54) is 6.92 Å². The van der Waals surface area contributed by atoms with Gasteiger partial charge in [0, 0.05) is 12.8 Å². The van der Waals surface area contributed by atoms with Gasteiger partial charge in [-0.2, -0.15) is 0 Å². The van der Waals surface area contributed by atoms with Gasteiger partial charge in [-0.1, -0.05) is 30.3 Å². The summed E-state index contributed by atoms with van der Waals surface area (Å²) < 4.78 is 0. The smallest absolute Gasteiger partial charge is 0.326 e. The first-order chi connectivity index (χ1) is 16.0. The number of aliphatic hydroxyl groups excluding tert-OH is 2. The largest absolute Gasteiger partial charge is 0.481 e. The summed E-state index contributed by atoms with van der Waals surface area (Å²) in [7, 11) is 0. The molecule has 0 aliphatic carbocycles. The minimum absolute atomic E-state index is 0.0626. The van der Waals surface area contributed by atoms with Crippen molar-refractivity contribution in [1.29, 1.82) is 0 Å². The van der Waals surface area contributed by atoms with E-state index in [9.17, 15) is 34.2 Å². The second kappa shape index (κ2) is 13.9. The van der Waals surface area contributed by atoms with Crippen LogP contribution in [0.2, 0.25) is 0 Å². The second-order valence-electron chi connectivity index (χ2n) is 7.60. The van der Waals surface area contributed by atoms with E-state index in [2.05, 4.69) is 16.0 Å². The minimum atomic E-state index is -1.58. The molecular formula is C21H30N4O9. The molecule has 0 spiro atoms. The van der Waals surface area contributed by atoms with Crippen molar-refractivity contribution in [2.75, 3.05) is 6.61 Å². The molecule has 188 valence electrons. The summed E-state index contributed by atoms with van der Waals surface area (Å²) in [6.07, 6.45) is -2.42. The lowest BCUT2D eigenvalue weighted by atomic mass is 10.0. The molecule has 1 rings (SSSR count). The van der Waals surface area contributed by atoms with Gasteiger partial charge < -0.3 is 42.1 Å². The standard InChI is InChI=1S/C21H30N4O9/c1-11(27)17(25-18(30)13(22)10-26)20(32)23-14(7-8-16(28)29)19(31)24-15(21(33)34)9-12-5-3-2-4-6-12/h2-6,11,13-15,17,26-27H,7-10,22H2,1H3,(H,23,32)(H,24,31)(H,25,30)(H,28,29)(H,33,34). The third-order valence-corrected chi connectivity index (χ3v) is 4.77. The lowest BCUT2D eigenvalue weighted by Gasteiger charge is -2.26. The van der Waals surface area contributed by atoms with Gasteiger partial charge in [-0.3, -0.25) is 19.2 Å². The number of rotatable bonds is 14. The first-order valence-corrected chi connectivity index (χ1v) is 10.4. The number of nitrogens with one attached hydrogen (secondary N) is 3. The molecule has 0 radical (unpaired) electrons. The Hall–Kier alpha value is -3.55. The number of carboxylic acid groups (broad SMARTS) is 2. The Balaban J connectivity index is 3.00. The van der Waals surface area contributed by atoms with Crippen LogP contribution < -0.4 is 21.7 Å². The predicted octanol–water partition coefficient (Wildman–Crippen LogP) is -2.67. The zero-order chi connectivity index (χ0) is 25.8. The lowest BCUT2D eigenvalue weighted by Crippen LogP contribution is -2.60. The number of benzene rings is 1. The summed E-state index contributed by atoms with van der Waals surface area (Å²) in [6, 6.07) is 2.66. The Bertz CT molecular complexity index is 863. The first-order valence-electron chi connectivity index (χ1n) is 10.4. The molecule has 5 atom stereocenters. The summed E-state index contributed by atoms with van der Waals surface area (Å²) in [4.78, 5) is 60.0. The highest BCUT2D eigenvalue weighted by atomic mass is 16.4. The highest BCUT2D eigenvalue weighted by Crippen LogP contribution is 2.06. The van der Waals surface area contributed by atoms with Gasteiger partial charge in [0.15, 0.2) is 0 Å². The summed E-state index contributed by atoms with van der Waals surface area (Å²) in [6.45, 7) is 0.462. The van der Waals surface area contributed by atoms with Gasteiger partial charge in [-0.05, 0) is 18.9 Å². The van der Waals surface area contributed by atoms with Crippen LogP contribution in [0.15, 0.2) is 30.3 Å². The fourth-order valence-electron chi connectivity index (χ4n) is 2.87. The zero-order valence-corrected chi connectivity index (χ0v) is 18.5. The Labute approximate surface area is 195 Å². The van der Waals surface area contributed by atoms with Crippen molar-refractivity contribution in [3.63, 3.8) is 0 Å². The molecule has 0 aliphatic rings. The Kier molecular flexibility index (Phi) is 11.6. The van der Waals surface area contributed by atoms with Crippen LogP contribution in [0.1, 0.15) is 25.3 Å². The number of hydrogen-bond acceptors (Lipinski definition) is 8. The SMILES string of the molecule is CC(O)C(NC(=O)C(N)CO)C(=O)NC(CCC(=O)O)C(=O)NC(Cc1ccccc1)C(=O)O. The van der Waals surface area contributed by atoms with Crippen molar-refractivity contribution in [3.8, 4) is 0 Å². The van der Waals surface area contributed by atoms with E-state index in [0.29, 0.717) is 5.56 Å². The number of carbonyl (C=O) groups excluding carboxylic acids is 3. The highest BCUT2D eigenvalue weighted by Gasteiger charge is 2.32. The molecule has 0 aliphatic heterocycles. The molecule has 13 nitrogen and oxygen atoms in total. The molecule has 3 amide bonds. The van der Waals surface area contributed by atoms with E-state index >= 15 is 0 Å². The second-order valence-corrected chi connectivity index (χ2v) is 7.60. The van der Waals surface area contributed by atoms with Crippen molar-refractivity contribution in [2.45, 2.75) is 56.5 Å². The molecule has 0 bridgehead atoms. The molecule has 0 heterocycles. The number of nitrogens with two attached hydrogens (primary N) is 1. The van der Waals surface area contributed by atoms with Crippen LogP contribution in [-0.2, 0) is 30.4 Å². The maximum atomic E-state index is 12.8. The number of carbonyl (C=O) groups is 5. The third-order valence-electron chi connectivity index (χ3n) is 4.77. The van der Waals surface area contributed by atoms with Crippen molar-refractivity contribution in [1.82, 2.24) is 16.0 Å². The quantitative estimate of drug-likeness (QED) is 0.137. The van der Waals surface area contributed by atoms with E-state index in [1.807, 2.05) is 0 Å². The van der Waals surface area contributed by atoms with Gasteiger partial charge in [0.2, 0.25) is 17.7 Å². The van der Waals surface area contributed by atoms with E-state index < -0.39 is 73.0 Å². The molecule has 13 heteroatoms. The van der Waals surface area contributed by atoms with Crippen molar-refractivity contribution in [2.24, 2.45) is 5.73 Å². The number of amides is 3. The molecular weight excluding hydrogens is 452 g/mol. The van der Waals surface area contributed by atoms with E-state index in [4.69, 9.17) is 15.9 Å². The zero-order valence-electron chi connectivity index (χ0n) is 18.5. The van der Waals surface area contributed by atoms with Crippen molar-refractivity contribution < 1.29 is 44.4 Å². The summed E-state index contributed by atoms with van der Waals surface area (Å²) in [5.41, 5.74) is 6.01. The van der Waals surface area contributed by atoms with Crippen LogP contribution in [0.4, 0.5) is 0 Å². The van der Waals surface area contributed by atoms with E-state index in [-0.39, 0.29) is 12.8 Å². The van der Waals surface area contributed by atoms with Gasteiger partial charge in [0.25, 0.3) is 0 Å². The van der Waals surface area contributed by atoms with Crippen LogP contribution in [0.25, 0.3) is 0 Å². The molecule has 9 N–H and O–H groups in total. The fraction of sp³-hybridized carbons (Fsp3) is 0.476. The third kappa shape index (κ3) is 9.52. The van der Waals surface area contributed by atoms with Crippen LogP contribution in [0.3, 0.4) is 0 Å². The topological polar surface area (TPSA) is 228 Å². The number of aliphatic carboxylic acids is 2. The van der Waals surface area contributed by atoms with Crippen LogP contribution in [0.5, 0.6) is 0 Å². The van der Waals surface area contributed by atoms with Crippen LogP contribution >= 0.6 is 0 Å². The normalized spacial score (nSPS) is 15.2. The predicted molar refractivity (Wildman–Crippen MR) is 117 cm³/mol. The monoisotopic (exact) mass is 482 g/mol. The molecule has 0 aromatic heterocycles. The summed E-state index contributed by atoms with van der Waals surface area (Å²) in [5.74, 6) is -5.54. The average Bonchev–Trinajstić information content (AvgIpc) is 2.78. The van der Waals surface area contributed by atoms with Gasteiger partial charge in [0.05, 0.1) is 12.7 Å². The van der Waals surface area contributed by atoms with E-state index in [1.54, 1.807) is 30.3 Å². The molecule has 0 saturated carbocycles. The van der Waals surface area contributed by atoms with Crippen molar-refractivity contribution >= 4 is 29.7 Å². The van der Waals surface area contributed by atoms with Gasteiger partial charge in [0.1, 0.15) is 24.2 Å². The Morgan fingerprint density at radius 1 is 0.912 bits per heavy atom. The minimum Gasteiger partial charge on any atom is -0.481 e. The van der Waals surface area contributed by atoms with Crippen molar-refractivity contribution in [3.05, 3.63) is 35.9 Å². The molecule has 0 saturated heterocycles. The maximum Gasteiger partial charge on any atom is 0.326 e. The number of aliphatic hydroxyl groups is 2. The number of carboxylic acids is 2. The summed E-state index contributed by atoms with van der Waals surface area (Å²) in [5, 5.41) is 44.0. The van der Waals surface area contributed by atoms with Crippen LogP contribution in [0, 0.1) is 0 Å². The highest BCUT2D eigenvalue weighted by molar-refractivity contribution is 5.94. The number of hydrogen-bond donors (Lipinski definition) is 8.